The predicted molar refractivity (Wildman–Crippen MR) is 64.6 cm³/mol. The molecule has 94 valence electrons. The molecule has 2 N–H and O–H groups in total. The summed E-state index contributed by atoms with van der Waals surface area (Å²) in [4.78, 5) is 2.08. The van der Waals surface area contributed by atoms with Gasteiger partial charge in [-0.1, -0.05) is 30.4 Å². The van der Waals surface area contributed by atoms with Crippen molar-refractivity contribution < 1.29 is 13.2 Å². The van der Waals surface area contributed by atoms with Crippen molar-refractivity contribution in [3.63, 3.8) is 0 Å². The molecule has 1 aromatic carbocycles. The first-order valence-corrected chi connectivity index (χ1v) is 5.33. The summed E-state index contributed by atoms with van der Waals surface area (Å²) in [5.74, 6) is 0. The number of benzene rings is 1. The van der Waals surface area contributed by atoms with Gasteiger partial charge < -0.3 is 5.73 Å². The minimum atomic E-state index is -4.31. The van der Waals surface area contributed by atoms with Gasteiger partial charge in [0.2, 0.25) is 0 Å². The average molecular weight is 262 g/mol. The van der Waals surface area contributed by atoms with Gasteiger partial charge in [-0.2, -0.15) is 13.2 Å². The van der Waals surface area contributed by atoms with Crippen molar-refractivity contribution in [1.29, 1.82) is 0 Å². The summed E-state index contributed by atoms with van der Waals surface area (Å²) in [6.07, 6.45) is -4.31. The Balaban J connectivity index is 2.76. The van der Waals surface area contributed by atoms with Crippen molar-refractivity contribution in [1.82, 2.24) is 4.90 Å². The van der Waals surface area contributed by atoms with Crippen molar-refractivity contribution in [3.8, 4) is 0 Å². The highest BCUT2D eigenvalue weighted by atomic mass is 32.1. The van der Waals surface area contributed by atoms with Crippen molar-refractivity contribution >= 4 is 17.2 Å². The first-order chi connectivity index (χ1) is 7.79. The van der Waals surface area contributed by atoms with Gasteiger partial charge >= 0.3 is 6.18 Å². The lowest BCUT2D eigenvalue weighted by Gasteiger charge is -2.16. The van der Waals surface area contributed by atoms with Crippen LogP contribution in [0.25, 0.3) is 0 Å². The number of rotatable bonds is 4. The highest BCUT2D eigenvalue weighted by Crippen LogP contribution is 2.29. The van der Waals surface area contributed by atoms with Crippen molar-refractivity contribution in [2.24, 2.45) is 5.73 Å². The van der Waals surface area contributed by atoms with Crippen molar-refractivity contribution in [3.05, 3.63) is 35.4 Å². The molecular weight excluding hydrogens is 249 g/mol. The van der Waals surface area contributed by atoms with Crippen LogP contribution in [0, 0.1) is 0 Å². The number of alkyl halides is 3. The van der Waals surface area contributed by atoms with E-state index in [0.717, 1.165) is 12.1 Å². The molecule has 0 saturated carbocycles. The van der Waals surface area contributed by atoms with E-state index < -0.39 is 11.7 Å². The molecule has 0 spiro atoms. The van der Waals surface area contributed by atoms with Crippen LogP contribution < -0.4 is 5.73 Å². The van der Waals surface area contributed by atoms with Crippen LogP contribution in [0.2, 0.25) is 0 Å². The lowest BCUT2D eigenvalue weighted by atomic mass is 10.1. The molecule has 1 aromatic rings. The first kappa shape index (κ1) is 13.9. The SMILES string of the molecule is CN(CC(N)=S)Cc1cccc(C(F)(F)F)c1. The van der Waals surface area contributed by atoms with E-state index in [1.165, 1.54) is 6.07 Å². The normalized spacial score (nSPS) is 11.8. The largest absolute Gasteiger partial charge is 0.416 e. The van der Waals surface area contributed by atoms with E-state index in [1.54, 1.807) is 18.0 Å². The molecule has 0 saturated heterocycles. The quantitative estimate of drug-likeness (QED) is 0.845. The molecule has 0 amide bonds. The van der Waals surface area contributed by atoms with E-state index in [0.29, 0.717) is 23.6 Å². The van der Waals surface area contributed by atoms with Gasteiger partial charge in [-0.15, -0.1) is 0 Å². The molecule has 0 unspecified atom stereocenters. The zero-order valence-electron chi connectivity index (χ0n) is 9.29. The van der Waals surface area contributed by atoms with Gasteiger partial charge in [0.25, 0.3) is 0 Å². The third kappa shape index (κ3) is 4.70. The number of hydrogen-bond donors (Lipinski definition) is 1. The molecule has 0 aliphatic heterocycles. The van der Waals surface area contributed by atoms with Crippen LogP contribution in [-0.4, -0.2) is 23.5 Å². The van der Waals surface area contributed by atoms with E-state index in [4.69, 9.17) is 18.0 Å². The number of nitrogens with zero attached hydrogens (tertiary/aromatic N) is 1. The van der Waals surface area contributed by atoms with Crippen LogP contribution in [0.15, 0.2) is 24.3 Å². The van der Waals surface area contributed by atoms with E-state index in [2.05, 4.69) is 0 Å². The second kappa shape index (κ2) is 5.46. The highest BCUT2D eigenvalue weighted by Gasteiger charge is 2.30. The number of nitrogens with two attached hydrogens (primary N) is 1. The highest BCUT2D eigenvalue weighted by molar-refractivity contribution is 7.80. The standard InChI is InChI=1S/C11H13F3N2S/c1-16(7-10(15)17)6-8-3-2-4-9(5-8)11(12,13)14/h2-5H,6-7H2,1H3,(H2,15,17). The molecule has 0 atom stereocenters. The van der Waals surface area contributed by atoms with Crippen LogP contribution in [0.4, 0.5) is 13.2 Å². The fourth-order valence-electron chi connectivity index (χ4n) is 1.48. The fourth-order valence-corrected chi connectivity index (χ4v) is 1.70. The Morgan fingerprint density at radius 2 is 2.06 bits per heavy atom. The molecule has 0 bridgehead atoms. The maximum Gasteiger partial charge on any atom is 0.416 e. The maximum absolute atomic E-state index is 12.5. The van der Waals surface area contributed by atoms with Gasteiger partial charge in [-0.05, 0) is 18.7 Å². The second-order valence-electron chi connectivity index (χ2n) is 3.84. The van der Waals surface area contributed by atoms with Gasteiger partial charge in [0.05, 0.1) is 10.6 Å². The van der Waals surface area contributed by atoms with Crippen LogP contribution in [0.1, 0.15) is 11.1 Å². The Labute approximate surface area is 103 Å². The van der Waals surface area contributed by atoms with Gasteiger partial charge in [0, 0.05) is 13.1 Å². The molecule has 0 aliphatic rings. The third-order valence-electron chi connectivity index (χ3n) is 2.13. The number of halogens is 3. The van der Waals surface area contributed by atoms with Gasteiger partial charge in [0.1, 0.15) is 0 Å². The zero-order chi connectivity index (χ0) is 13.1. The average Bonchev–Trinajstić information content (AvgIpc) is 2.15. The van der Waals surface area contributed by atoms with Gasteiger partial charge in [0.15, 0.2) is 0 Å². The Morgan fingerprint density at radius 1 is 1.41 bits per heavy atom. The summed E-state index contributed by atoms with van der Waals surface area (Å²) in [6.45, 7) is 0.757. The minimum absolute atomic E-state index is 0.319. The maximum atomic E-state index is 12.5. The lowest BCUT2D eigenvalue weighted by molar-refractivity contribution is -0.137. The van der Waals surface area contributed by atoms with Crippen molar-refractivity contribution in [2.75, 3.05) is 13.6 Å². The van der Waals surface area contributed by atoms with E-state index >= 15 is 0 Å². The van der Waals surface area contributed by atoms with Crippen molar-refractivity contribution in [2.45, 2.75) is 12.7 Å². The van der Waals surface area contributed by atoms with Gasteiger partial charge in [-0.25, -0.2) is 0 Å². The lowest BCUT2D eigenvalue weighted by Crippen LogP contribution is -2.29. The van der Waals surface area contributed by atoms with Crippen LogP contribution in [-0.2, 0) is 12.7 Å². The van der Waals surface area contributed by atoms with Crippen LogP contribution in [0.3, 0.4) is 0 Å². The molecule has 1 rings (SSSR count). The third-order valence-corrected chi connectivity index (χ3v) is 2.26. The Hall–Kier alpha value is -1.14. The summed E-state index contributed by atoms with van der Waals surface area (Å²) < 4.78 is 37.4. The molecule has 0 aliphatic carbocycles. The molecule has 6 heteroatoms. The minimum Gasteiger partial charge on any atom is -0.392 e. The van der Waals surface area contributed by atoms with E-state index in [9.17, 15) is 13.2 Å². The van der Waals surface area contributed by atoms with Gasteiger partial charge in [-0.3, -0.25) is 4.90 Å². The molecule has 2 nitrogen and oxygen atoms in total. The smallest absolute Gasteiger partial charge is 0.392 e. The summed E-state index contributed by atoms with van der Waals surface area (Å²) >= 11 is 4.73. The summed E-state index contributed by atoms with van der Waals surface area (Å²) in [5, 5.41) is 0. The predicted octanol–water partition coefficient (Wildman–Crippen LogP) is 2.42. The molecule has 0 heterocycles. The Morgan fingerprint density at radius 3 is 2.59 bits per heavy atom. The Kier molecular flexibility index (Phi) is 4.47. The molecular formula is C11H13F3N2S. The van der Waals surface area contributed by atoms with Crippen LogP contribution >= 0.6 is 12.2 Å². The first-order valence-electron chi connectivity index (χ1n) is 4.92. The second-order valence-corrected chi connectivity index (χ2v) is 4.36. The number of hydrogen-bond acceptors (Lipinski definition) is 2. The molecule has 0 aromatic heterocycles. The Bertz CT molecular complexity index is 404. The molecule has 17 heavy (non-hydrogen) atoms. The molecule has 0 radical (unpaired) electrons. The summed E-state index contributed by atoms with van der Waals surface area (Å²) in [7, 11) is 1.75. The monoisotopic (exact) mass is 262 g/mol. The molecule has 0 fully saturated rings. The topological polar surface area (TPSA) is 29.3 Å². The van der Waals surface area contributed by atoms with Crippen LogP contribution in [0.5, 0.6) is 0 Å². The number of thiocarbonyl (C=S) groups is 1. The van der Waals surface area contributed by atoms with E-state index in [-0.39, 0.29) is 0 Å². The van der Waals surface area contributed by atoms with E-state index in [1.807, 2.05) is 0 Å². The fraction of sp³-hybridized carbons (Fsp3) is 0.364. The summed E-state index contributed by atoms with van der Waals surface area (Å²) in [6, 6.07) is 5.23. The zero-order valence-corrected chi connectivity index (χ0v) is 10.1. The summed E-state index contributed by atoms with van der Waals surface area (Å²) in [5.41, 5.74) is 5.30. The number of likely N-dealkylation sites (N-methyl/N-ethyl adjacent to an activating group) is 1.